The molecule has 6 heteroatoms. The minimum Gasteiger partial charge on any atom is -0.458 e. The van der Waals surface area contributed by atoms with E-state index >= 15 is 0 Å². The second-order valence-corrected chi connectivity index (χ2v) is 14.3. The molecule has 54 heavy (non-hydrogen) atoms. The van der Waals surface area contributed by atoms with E-state index in [-0.39, 0.29) is 13.4 Å². The molecule has 0 bridgehead atoms. The topological polar surface area (TPSA) is 36.9 Å². The average molecular weight is 690 g/mol. The van der Waals surface area contributed by atoms with E-state index in [1.54, 1.807) is 0 Å². The van der Waals surface area contributed by atoms with E-state index in [0.717, 1.165) is 112 Å². The molecule has 250 valence electrons. The lowest BCUT2D eigenvalue weighted by atomic mass is 9.31. The molecule has 4 aliphatic rings. The molecule has 0 atom stereocenters. The first-order valence-electron chi connectivity index (χ1n) is 18.4. The summed E-state index contributed by atoms with van der Waals surface area (Å²) in [4.78, 5) is 0. The highest BCUT2D eigenvalue weighted by Crippen LogP contribution is 2.43. The highest BCUT2D eigenvalue weighted by atomic mass is 16.5. The van der Waals surface area contributed by atoms with Gasteiger partial charge in [-0.05, 0) is 91.6 Å². The zero-order chi connectivity index (χ0) is 35.3. The first kappa shape index (κ1) is 29.6. The molecule has 8 aromatic rings. The Kier molecular flexibility index (Phi) is 6.20. The molecular weight excluding hydrogens is 662 g/mol. The van der Waals surface area contributed by atoms with Crippen LogP contribution in [0.5, 0.6) is 46.0 Å². The minimum absolute atomic E-state index is 0.0772. The van der Waals surface area contributed by atoms with Gasteiger partial charge in [-0.2, -0.15) is 0 Å². The van der Waals surface area contributed by atoms with Crippen LogP contribution in [0.2, 0.25) is 0 Å². The van der Waals surface area contributed by atoms with Crippen molar-refractivity contribution >= 4 is 46.2 Å². The molecule has 0 saturated heterocycles. The Morgan fingerprint density at radius 3 is 1.20 bits per heavy atom. The van der Waals surface area contributed by atoms with E-state index in [2.05, 4.69) is 152 Å². The monoisotopic (exact) mass is 690 g/mol. The molecule has 0 N–H and O–H groups in total. The molecule has 0 amide bonds. The van der Waals surface area contributed by atoms with Crippen molar-refractivity contribution in [1.82, 2.24) is 0 Å². The summed E-state index contributed by atoms with van der Waals surface area (Å²) in [6, 6.07) is 59.3. The van der Waals surface area contributed by atoms with Gasteiger partial charge in [0.15, 0.2) is 0 Å². The van der Waals surface area contributed by atoms with E-state index in [0.29, 0.717) is 0 Å². The molecule has 4 aliphatic heterocycles. The predicted octanol–water partition coefficient (Wildman–Crippen LogP) is 8.14. The number of rotatable bonds is 3. The second-order valence-electron chi connectivity index (χ2n) is 14.3. The van der Waals surface area contributed by atoms with Gasteiger partial charge in [0.2, 0.25) is 0 Å². The first-order valence-corrected chi connectivity index (χ1v) is 18.4. The molecule has 0 unspecified atom stereocenters. The standard InChI is InChI=1S/C48H28B2O4/c1-3-13-29(14-4-1)31-23-43-47-44(24-31)53-41-28-42-38(27-37(41)49(47)35-19-9-11-21-39(35)51-43)50-36-20-10-12-22-40(36)52-45-25-32(26-46(54-42)48(45)50)34-18-8-7-17-33(34)30-15-5-2-6-16-30/h1-28H. The highest BCUT2D eigenvalue weighted by molar-refractivity contribution is 7.01. The number of benzene rings is 8. The van der Waals surface area contributed by atoms with E-state index in [9.17, 15) is 0 Å². The van der Waals surface area contributed by atoms with Crippen molar-refractivity contribution in [3.63, 3.8) is 0 Å². The van der Waals surface area contributed by atoms with Gasteiger partial charge < -0.3 is 18.9 Å². The van der Waals surface area contributed by atoms with Crippen molar-refractivity contribution in [2.45, 2.75) is 0 Å². The summed E-state index contributed by atoms with van der Waals surface area (Å²) >= 11 is 0. The third-order valence-corrected chi connectivity index (χ3v) is 11.3. The summed E-state index contributed by atoms with van der Waals surface area (Å²) in [5.41, 5.74) is 13.1. The van der Waals surface area contributed by atoms with Gasteiger partial charge in [-0.1, -0.05) is 127 Å². The summed E-state index contributed by atoms with van der Waals surface area (Å²) in [5.74, 6) is 6.51. The summed E-state index contributed by atoms with van der Waals surface area (Å²) in [6.45, 7) is -0.171. The maximum absolute atomic E-state index is 6.99. The Labute approximate surface area is 313 Å². The number of hydrogen-bond acceptors (Lipinski definition) is 4. The molecule has 0 saturated carbocycles. The molecule has 0 radical (unpaired) electrons. The lowest BCUT2D eigenvalue weighted by molar-refractivity contribution is 0.452. The first-order chi connectivity index (χ1) is 26.7. The smallest absolute Gasteiger partial charge is 0.260 e. The number of hydrogen-bond donors (Lipinski definition) is 0. The van der Waals surface area contributed by atoms with E-state index < -0.39 is 0 Å². The van der Waals surface area contributed by atoms with Crippen molar-refractivity contribution in [3.05, 3.63) is 170 Å². The van der Waals surface area contributed by atoms with Crippen LogP contribution in [0.4, 0.5) is 0 Å². The van der Waals surface area contributed by atoms with Gasteiger partial charge in [-0.3, -0.25) is 0 Å². The van der Waals surface area contributed by atoms with Crippen molar-refractivity contribution in [3.8, 4) is 79.4 Å². The van der Waals surface area contributed by atoms with Gasteiger partial charge in [-0.15, -0.1) is 0 Å². The fourth-order valence-corrected chi connectivity index (χ4v) is 8.94. The molecule has 0 aromatic heterocycles. The van der Waals surface area contributed by atoms with E-state index in [1.165, 1.54) is 0 Å². The lowest BCUT2D eigenvalue weighted by Gasteiger charge is -2.37. The third kappa shape index (κ3) is 4.34. The fraction of sp³-hybridized carbons (Fsp3) is 0. The maximum Gasteiger partial charge on any atom is 0.260 e. The normalized spacial score (nSPS) is 13.3. The number of fused-ring (bicyclic) bond motifs is 8. The van der Waals surface area contributed by atoms with Crippen LogP contribution in [0.25, 0.3) is 33.4 Å². The van der Waals surface area contributed by atoms with Crippen LogP contribution in [0.3, 0.4) is 0 Å². The molecular formula is C48H28B2O4. The number of ether oxygens (including phenoxy) is 4. The molecule has 4 nitrogen and oxygen atoms in total. The van der Waals surface area contributed by atoms with Crippen LogP contribution >= 0.6 is 0 Å². The minimum atomic E-state index is -0.0937. The summed E-state index contributed by atoms with van der Waals surface area (Å²) in [5, 5.41) is 0. The Hall–Kier alpha value is -6.91. The van der Waals surface area contributed by atoms with Crippen molar-refractivity contribution in [2.24, 2.45) is 0 Å². The van der Waals surface area contributed by atoms with Gasteiger partial charge in [0.25, 0.3) is 13.4 Å². The fourth-order valence-electron chi connectivity index (χ4n) is 8.94. The highest BCUT2D eigenvalue weighted by Gasteiger charge is 2.45. The second kappa shape index (κ2) is 11.3. The zero-order valence-corrected chi connectivity index (χ0v) is 29.0. The zero-order valence-electron chi connectivity index (χ0n) is 29.0. The average Bonchev–Trinajstić information content (AvgIpc) is 3.23. The Morgan fingerprint density at radius 1 is 0.259 bits per heavy atom. The van der Waals surface area contributed by atoms with Crippen LogP contribution in [-0.4, -0.2) is 13.4 Å². The van der Waals surface area contributed by atoms with E-state index in [4.69, 9.17) is 18.9 Å². The SMILES string of the molecule is c1ccc(-c2cc3c4c(c2)Oc2cc5c(cc2B4c2ccccc2O3)B2c3ccccc3Oc3cc(-c4ccccc4-c4ccccc4)cc(c32)O5)cc1. The van der Waals surface area contributed by atoms with Gasteiger partial charge in [-0.25, -0.2) is 0 Å². The quantitative estimate of drug-likeness (QED) is 0.176. The molecule has 8 aromatic carbocycles. The Balaban J connectivity index is 1.06. The molecule has 0 spiro atoms. The van der Waals surface area contributed by atoms with Crippen LogP contribution < -0.4 is 51.7 Å². The Morgan fingerprint density at radius 2 is 0.667 bits per heavy atom. The van der Waals surface area contributed by atoms with Gasteiger partial charge in [0.05, 0.1) is 0 Å². The van der Waals surface area contributed by atoms with Crippen LogP contribution in [0.15, 0.2) is 170 Å². The maximum atomic E-state index is 6.99. The molecule has 0 fully saturated rings. The summed E-state index contributed by atoms with van der Waals surface area (Å²) in [6.07, 6.45) is 0. The van der Waals surface area contributed by atoms with Gasteiger partial charge in [0, 0.05) is 17.0 Å². The Bertz CT molecular complexity index is 2850. The van der Waals surface area contributed by atoms with Gasteiger partial charge in [0.1, 0.15) is 46.0 Å². The largest absolute Gasteiger partial charge is 0.458 e. The van der Waals surface area contributed by atoms with Crippen molar-refractivity contribution in [1.29, 1.82) is 0 Å². The predicted molar refractivity (Wildman–Crippen MR) is 218 cm³/mol. The van der Waals surface area contributed by atoms with Crippen LogP contribution in [0.1, 0.15) is 0 Å². The molecule has 12 rings (SSSR count). The van der Waals surface area contributed by atoms with Crippen molar-refractivity contribution in [2.75, 3.05) is 0 Å². The van der Waals surface area contributed by atoms with Gasteiger partial charge >= 0.3 is 0 Å². The van der Waals surface area contributed by atoms with E-state index in [1.807, 2.05) is 18.2 Å². The molecule has 0 aliphatic carbocycles. The summed E-state index contributed by atoms with van der Waals surface area (Å²) in [7, 11) is 0. The van der Waals surface area contributed by atoms with Crippen molar-refractivity contribution < 1.29 is 18.9 Å². The lowest BCUT2D eigenvalue weighted by Crippen LogP contribution is -2.61. The third-order valence-electron chi connectivity index (χ3n) is 11.3. The van der Waals surface area contributed by atoms with Crippen LogP contribution in [-0.2, 0) is 0 Å². The number of para-hydroxylation sites is 2. The summed E-state index contributed by atoms with van der Waals surface area (Å²) < 4.78 is 27.3. The molecule has 4 heterocycles. The van der Waals surface area contributed by atoms with Crippen LogP contribution in [0, 0.1) is 0 Å².